The van der Waals surface area contributed by atoms with Gasteiger partial charge < -0.3 is 10.6 Å². The zero-order valence-corrected chi connectivity index (χ0v) is 10.5. The molecular formula is C15H19N3. The Hall–Kier alpha value is -1.51. The Morgan fingerprint density at radius 1 is 1.00 bits per heavy atom. The van der Waals surface area contributed by atoms with E-state index in [0.717, 1.165) is 18.4 Å². The molecule has 3 aliphatic rings. The van der Waals surface area contributed by atoms with Gasteiger partial charge in [0.15, 0.2) is 5.96 Å². The van der Waals surface area contributed by atoms with Crippen molar-refractivity contribution in [3.05, 3.63) is 35.4 Å². The number of rotatable bonds is 3. The highest BCUT2D eigenvalue weighted by atomic mass is 15.4. The largest absolute Gasteiger partial charge is 0.370 e. The molecule has 4 rings (SSSR count). The average Bonchev–Trinajstić information content (AvgIpc) is 3.29. The molecule has 1 aromatic carbocycles. The minimum atomic E-state index is 0.380. The number of nitrogens with zero attached hydrogens (tertiary/aromatic N) is 2. The third kappa shape index (κ3) is 1.69. The van der Waals surface area contributed by atoms with Crippen molar-refractivity contribution >= 4 is 5.96 Å². The first kappa shape index (κ1) is 10.4. The summed E-state index contributed by atoms with van der Waals surface area (Å²) < 4.78 is 0. The maximum Gasteiger partial charge on any atom is 0.192 e. The predicted octanol–water partition coefficient (Wildman–Crippen LogP) is 2.40. The van der Waals surface area contributed by atoms with Crippen LogP contribution < -0.4 is 5.73 Å². The third-order valence-corrected chi connectivity index (χ3v) is 4.34. The van der Waals surface area contributed by atoms with Crippen LogP contribution in [-0.4, -0.2) is 23.4 Å². The van der Waals surface area contributed by atoms with Gasteiger partial charge in [0.1, 0.15) is 0 Å². The van der Waals surface area contributed by atoms with Crippen molar-refractivity contribution in [2.75, 3.05) is 6.54 Å². The normalized spacial score (nSPS) is 27.4. The number of nitrogens with two attached hydrogens (primary N) is 1. The first-order valence-corrected chi connectivity index (χ1v) is 7.01. The molecule has 1 aliphatic heterocycles. The van der Waals surface area contributed by atoms with Crippen LogP contribution in [0, 0.1) is 0 Å². The molecular weight excluding hydrogens is 222 g/mol. The average molecular weight is 241 g/mol. The lowest BCUT2D eigenvalue weighted by molar-refractivity contribution is 0.338. The van der Waals surface area contributed by atoms with Crippen LogP contribution in [-0.2, 0) is 0 Å². The fraction of sp³-hybridized carbons (Fsp3) is 0.533. The summed E-state index contributed by atoms with van der Waals surface area (Å²) in [6, 6.07) is 10.2. The molecule has 0 radical (unpaired) electrons. The van der Waals surface area contributed by atoms with Crippen molar-refractivity contribution in [1.82, 2.24) is 4.90 Å². The molecule has 2 fully saturated rings. The van der Waals surface area contributed by atoms with E-state index in [9.17, 15) is 0 Å². The molecule has 0 amide bonds. The van der Waals surface area contributed by atoms with Gasteiger partial charge in [0.25, 0.3) is 0 Å². The molecule has 18 heavy (non-hydrogen) atoms. The summed E-state index contributed by atoms with van der Waals surface area (Å²) in [5, 5.41) is 0. The third-order valence-electron chi connectivity index (χ3n) is 4.34. The molecule has 3 nitrogen and oxygen atoms in total. The number of aliphatic imine (C=N–C) groups is 1. The Balaban J connectivity index is 1.58. The molecule has 2 aliphatic carbocycles. The number of hydrogen-bond acceptors (Lipinski definition) is 3. The lowest BCUT2D eigenvalue weighted by Crippen LogP contribution is -2.37. The number of guanidine groups is 1. The van der Waals surface area contributed by atoms with Crippen LogP contribution in [0.1, 0.15) is 48.8 Å². The van der Waals surface area contributed by atoms with Crippen molar-refractivity contribution in [3.63, 3.8) is 0 Å². The van der Waals surface area contributed by atoms with Gasteiger partial charge in [-0.25, -0.2) is 0 Å². The van der Waals surface area contributed by atoms with E-state index in [-0.39, 0.29) is 0 Å². The Labute approximate surface area is 108 Å². The van der Waals surface area contributed by atoms with E-state index in [1.807, 2.05) is 0 Å². The van der Waals surface area contributed by atoms with Crippen molar-refractivity contribution in [2.24, 2.45) is 10.7 Å². The number of benzene rings is 1. The molecule has 1 unspecified atom stereocenters. The Bertz CT molecular complexity index is 483. The van der Waals surface area contributed by atoms with Gasteiger partial charge in [-0.05, 0) is 42.7 Å². The molecule has 1 heterocycles. The molecule has 0 aromatic heterocycles. The zero-order chi connectivity index (χ0) is 12.1. The zero-order valence-electron chi connectivity index (χ0n) is 10.5. The molecule has 0 bridgehead atoms. The highest BCUT2D eigenvalue weighted by Gasteiger charge is 2.38. The summed E-state index contributed by atoms with van der Waals surface area (Å²) in [4.78, 5) is 6.75. The molecule has 2 saturated carbocycles. The Kier molecular flexibility index (Phi) is 2.16. The van der Waals surface area contributed by atoms with Gasteiger partial charge >= 0.3 is 0 Å². The van der Waals surface area contributed by atoms with Crippen LogP contribution in [0.3, 0.4) is 0 Å². The lowest BCUT2D eigenvalue weighted by atomic mass is 10.0. The van der Waals surface area contributed by atoms with E-state index in [1.54, 1.807) is 0 Å². The smallest absolute Gasteiger partial charge is 0.192 e. The fourth-order valence-corrected chi connectivity index (χ4v) is 2.98. The number of hydrogen-bond donors (Lipinski definition) is 1. The van der Waals surface area contributed by atoms with Gasteiger partial charge in [0, 0.05) is 6.04 Å². The van der Waals surface area contributed by atoms with E-state index in [0.29, 0.717) is 12.1 Å². The summed E-state index contributed by atoms with van der Waals surface area (Å²) in [5.74, 6) is 1.58. The van der Waals surface area contributed by atoms with Crippen LogP contribution in [0.4, 0.5) is 0 Å². The van der Waals surface area contributed by atoms with Crippen LogP contribution in [0.2, 0.25) is 0 Å². The van der Waals surface area contributed by atoms with Crippen LogP contribution in [0.5, 0.6) is 0 Å². The molecule has 1 atom stereocenters. The van der Waals surface area contributed by atoms with E-state index < -0.39 is 0 Å². The van der Waals surface area contributed by atoms with Gasteiger partial charge in [0.05, 0.1) is 12.6 Å². The monoisotopic (exact) mass is 241 g/mol. The van der Waals surface area contributed by atoms with Gasteiger partial charge in [0.2, 0.25) is 0 Å². The van der Waals surface area contributed by atoms with E-state index in [4.69, 9.17) is 5.73 Å². The van der Waals surface area contributed by atoms with Crippen molar-refractivity contribution in [1.29, 1.82) is 0 Å². The highest BCUT2D eigenvalue weighted by molar-refractivity contribution is 5.81. The molecule has 1 aromatic rings. The second kappa shape index (κ2) is 3.74. The second-order valence-corrected chi connectivity index (χ2v) is 5.79. The molecule has 2 N–H and O–H groups in total. The molecule has 0 spiro atoms. The first-order valence-electron chi connectivity index (χ1n) is 7.01. The Morgan fingerprint density at radius 3 is 2.28 bits per heavy atom. The summed E-state index contributed by atoms with van der Waals surface area (Å²) in [7, 11) is 0. The second-order valence-electron chi connectivity index (χ2n) is 5.79. The Morgan fingerprint density at radius 2 is 1.67 bits per heavy atom. The van der Waals surface area contributed by atoms with Gasteiger partial charge in [-0.1, -0.05) is 24.3 Å². The van der Waals surface area contributed by atoms with Crippen molar-refractivity contribution in [2.45, 2.75) is 43.7 Å². The summed E-state index contributed by atoms with van der Waals surface area (Å²) in [6.45, 7) is 0.825. The lowest BCUT2D eigenvalue weighted by Gasteiger charge is -2.26. The quantitative estimate of drug-likeness (QED) is 0.883. The van der Waals surface area contributed by atoms with Gasteiger partial charge in [-0.15, -0.1) is 0 Å². The molecule has 3 heteroatoms. The van der Waals surface area contributed by atoms with Crippen LogP contribution in [0.25, 0.3) is 0 Å². The maximum atomic E-state index is 6.01. The maximum absolute atomic E-state index is 6.01. The van der Waals surface area contributed by atoms with Crippen molar-refractivity contribution < 1.29 is 0 Å². The minimum absolute atomic E-state index is 0.380. The van der Waals surface area contributed by atoms with Gasteiger partial charge in [-0.2, -0.15) is 0 Å². The highest BCUT2D eigenvalue weighted by Crippen LogP contribution is 2.41. The van der Waals surface area contributed by atoms with Crippen molar-refractivity contribution in [3.8, 4) is 0 Å². The van der Waals surface area contributed by atoms with Gasteiger partial charge in [-0.3, -0.25) is 4.99 Å². The molecule has 94 valence electrons. The van der Waals surface area contributed by atoms with E-state index >= 15 is 0 Å². The molecule has 0 saturated heterocycles. The predicted molar refractivity (Wildman–Crippen MR) is 72.5 cm³/mol. The standard InChI is InChI=1S/C15H19N3/c16-15-17-9-14(18(15)13-7-8-13)12-5-3-11(4-6-12)10-1-2-10/h3-6,10,13-14H,1-2,7-9H2,(H2,16,17). The summed E-state index contributed by atoms with van der Waals surface area (Å²) >= 11 is 0. The summed E-state index contributed by atoms with van der Waals surface area (Å²) in [5.41, 5.74) is 8.89. The first-order chi connectivity index (χ1) is 8.83. The van der Waals surface area contributed by atoms with E-state index in [2.05, 4.69) is 34.2 Å². The fourth-order valence-electron chi connectivity index (χ4n) is 2.98. The topological polar surface area (TPSA) is 41.6 Å². The minimum Gasteiger partial charge on any atom is -0.370 e. The van der Waals surface area contributed by atoms with Crippen LogP contribution >= 0.6 is 0 Å². The van der Waals surface area contributed by atoms with E-state index in [1.165, 1.54) is 36.8 Å². The summed E-state index contributed by atoms with van der Waals surface area (Å²) in [6.07, 6.45) is 5.28. The van der Waals surface area contributed by atoms with Crippen LogP contribution in [0.15, 0.2) is 29.3 Å². The SMILES string of the molecule is NC1=NCC(c2ccc(C3CC3)cc2)N1C1CC1.